The van der Waals surface area contributed by atoms with Gasteiger partial charge in [-0.2, -0.15) is 0 Å². The van der Waals surface area contributed by atoms with E-state index in [9.17, 15) is 0 Å². The zero-order valence-electron chi connectivity index (χ0n) is 15.3. The first-order valence-electron chi connectivity index (χ1n) is 9.34. The Morgan fingerprint density at radius 2 is 1.82 bits per heavy atom. The fraction of sp³-hybridized carbons (Fsp3) is 0.800. The lowest BCUT2D eigenvalue weighted by molar-refractivity contribution is 0.143. The quantitative estimate of drug-likeness (QED) is 0.295. The van der Waals surface area contributed by atoms with Crippen molar-refractivity contribution in [3.05, 3.63) is 12.7 Å². The summed E-state index contributed by atoms with van der Waals surface area (Å²) in [6.45, 7) is 13.0. The second-order valence-electron chi connectivity index (χ2n) is 7.24. The second-order valence-corrected chi connectivity index (χ2v) is 11.7. The maximum absolute atomic E-state index is 6.79. The molecule has 1 fully saturated rings. The molecule has 1 aliphatic rings. The number of rotatable bonds is 8. The van der Waals surface area contributed by atoms with Crippen LogP contribution in [0.2, 0.25) is 18.1 Å². The Morgan fingerprint density at radius 3 is 2.32 bits per heavy atom. The molecule has 22 heavy (non-hydrogen) atoms. The highest BCUT2D eigenvalue weighted by molar-refractivity contribution is 6.74. The summed E-state index contributed by atoms with van der Waals surface area (Å²) in [7, 11) is -1.69. The molecule has 0 saturated heterocycles. The minimum absolute atomic E-state index is 0.172. The highest BCUT2D eigenvalue weighted by atomic mass is 28.4. The summed E-state index contributed by atoms with van der Waals surface area (Å²) in [5, 5.41) is 0. The van der Waals surface area contributed by atoms with Crippen molar-refractivity contribution in [3.8, 4) is 11.8 Å². The van der Waals surface area contributed by atoms with E-state index >= 15 is 0 Å². The average molecular weight is 321 g/mol. The van der Waals surface area contributed by atoms with Crippen molar-refractivity contribution in [2.75, 3.05) is 0 Å². The zero-order chi connectivity index (χ0) is 16.4. The summed E-state index contributed by atoms with van der Waals surface area (Å²) in [6, 6.07) is 3.41. The van der Waals surface area contributed by atoms with Crippen molar-refractivity contribution in [2.45, 2.75) is 90.5 Å². The van der Waals surface area contributed by atoms with Crippen LogP contribution in [0.1, 0.15) is 66.2 Å². The Labute approximate surface area is 140 Å². The van der Waals surface area contributed by atoms with E-state index in [0.29, 0.717) is 11.8 Å². The van der Waals surface area contributed by atoms with E-state index in [1.807, 2.05) is 0 Å². The first-order valence-corrected chi connectivity index (χ1v) is 11.9. The molecule has 1 atom stereocenters. The molecule has 126 valence electrons. The molecule has 1 rings (SSSR count). The van der Waals surface area contributed by atoms with Gasteiger partial charge in [-0.1, -0.05) is 59.0 Å². The number of allylic oxidation sites excluding steroid dienone is 1. The van der Waals surface area contributed by atoms with Crippen molar-refractivity contribution in [1.29, 1.82) is 0 Å². The van der Waals surface area contributed by atoms with Crippen LogP contribution in [-0.4, -0.2) is 14.4 Å². The van der Waals surface area contributed by atoms with Crippen molar-refractivity contribution < 1.29 is 4.43 Å². The van der Waals surface area contributed by atoms with Crippen LogP contribution in [0.25, 0.3) is 0 Å². The molecule has 0 aromatic heterocycles. The molecular weight excluding hydrogens is 284 g/mol. The molecule has 0 bridgehead atoms. The van der Waals surface area contributed by atoms with Gasteiger partial charge in [0.1, 0.15) is 6.10 Å². The number of hydrogen-bond acceptors (Lipinski definition) is 1. The second kappa shape index (κ2) is 10.3. The largest absolute Gasteiger partial charge is 0.403 e. The van der Waals surface area contributed by atoms with E-state index in [1.165, 1.54) is 44.2 Å². The van der Waals surface area contributed by atoms with Gasteiger partial charge in [0.25, 0.3) is 0 Å². The molecule has 0 radical (unpaired) electrons. The summed E-state index contributed by atoms with van der Waals surface area (Å²) < 4.78 is 6.79. The van der Waals surface area contributed by atoms with E-state index < -0.39 is 8.32 Å². The van der Waals surface area contributed by atoms with E-state index in [4.69, 9.17) is 4.43 Å². The molecule has 1 unspecified atom stereocenters. The van der Waals surface area contributed by atoms with Crippen LogP contribution in [0.15, 0.2) is 12.7 Å². The Kier molecular flexibility index (Phi) is 9.13. The monoisotopic (exact) mass is 320 g/mol. The summed E-state index contributed by atoms with van der Waals surface area (Å²) in [6.07, 6.45) is 9.92. The summed E-state index contributed by atoms with van der Waals surface area (Å²) in [5.41, 5.74) is 0. The first-order chi connectivity index (χ1) is 10.6. The van der Waals surface area contributed by atoms with Crippen LogP contribution in [-0.2, 0) is 4.43 Å². The van der Waals surface area contributed by atoms with Gasteiger partial charge in [0.15, 0.2) is 8.32 Å². The molecule has 1 saturated carbocycles. The summed E-state index contributed by atoms with van der Waals surface area (Å²) in [4.78, 5) is 0. The molecular formula is C20H36OSi. The molecule has 1 nitrogen and oxygen atoms in total. The van der Waals surface area contributed by atoms with Crippen molar-refractivity contribution in [2.24, 2.45) is 11.8 Å². The van der Waals surface area contributed by atoms with Gasteiger partial charge in [-0.15, -0.1) is 12.5 Å². The summed E-state index contributed by atoms with van der Waals surface area (Å²) in [5.74, 6) is 8.25. The third-order valence-electron chi connectivity index (χ3n) is 5.01. The third-order valence-corrected chi connectivity index (χ3v) is 9.38. The molecule has 0 spiro atoms. The lowest BCUT2D eigenvalue weighted by Gasteiger charge is -2.36. The molecule has 1 aliphatic carbocycles. The van der Waals surface area contributed by atoms with Gasteiger partial charge in [-0.05, 0) is 42.8 Å². The Morgan fingerprint density at radius 1 is 1.18 bits per heavy atom. The smallest absolute Gasteiger partial charge is 0.197 e. The van der Waals surface area contributed by atoms with Gasteiger partial charge in [-0.25, -0.2) is 0 Å². The highest BCUT2D eigenvalue weighted by Gasteiger charge is 2.35. The molecule has 0 aromatic carbocycles. The van der Waals surface area contributed by atoms with E-state index in [-0.39, 0.29) is 6.10 Å². The molecule has 0 aromatic rings. The van der Waals surface area contributed by atoms with Gasteiger partial charge in [-0.3, -0.25) is 0 Å². The molecule has 0 amide bonds. The van der Waals surface area contributed by atoms with Crippen LogP contribution in [0.3, 0.4) is 0 Å². The summed E-state index contributed by atoms with van der Waals surface area (Å²) >= 11 is 0. The van der Waals surface area contributed by atoms with Crippen LogP contribution < -0.4 is 0 Å². The van der Waals surface area contributed by atoms with Gasteiger partial charge >= 0.3 is 0 Å². The maximum atomic E-state index is 6.79. The van der Waals surface area contributed by atoms with Crippen molar-refractivity contribution in [3.63, 3.8) is 0 Å². The Hall–Kier alpha value is -0.523. The van der Waals surface area contributed by atoms with Crippen molar-refractivity contribution >= 4 is 8.32 Å². The SMILES string of the molecule is C=CC[Si](CC)(CC)OC(C#CCC(C)C)C1CCCCC1. The minimum atomic E-state index is -1.69. The first kappa shape index (κ1) is 19.5. The topological polar surface area (TPSA) is 9.23 Å². The number of hydrogen-bond donors (Lipinski definition) is 0. The van der Waals surface area contributed by atoms with Crippen molar-refractivity contribution in [1.82, 2.24) is 0 Å². The lowest BCUT2D eigenvalue weighted by atomic mass is 9.85. The van der Waals surface area contributed by atoms with Crippen LogP contribution >= 0.6 is 0 Å². The van der Waals surface area contributed by atoms with E-state index in [0.717, 1.165) is 12.5 Å². The van der Waals surface area contributed by atoms with Gasteiger partial charge in [0, 0.05) is 6.42 Å². The molecule has 0 heterocycles. The normalized spacial score (nSPS) is 17.9. The minimum Gasteiger partial charge on any atom is -0.403 e. The predicted molar refractivity (Wildman–Crippen MR) is 100 cm³/mol. The Bertz CT molecular complexity index is 367. The fourth-order valence-corrected chi connectivity index (χ4v) is 6.15. The van der Waals surface area contributed by atoms with Crippen LogP contribution in [0, 0.1) is 23.7 Å². The lowest BCUT2D eigenvalue weighted by Crippen LogP contribution is -2.42. The van der Waals surface area contributed by atoms with Gasteiger partial charge < -0.3 is 4.43 Å². The third kappa shape index (κ3) is 6.30. The van der Waals surface area contributed by atoms with E-state index in [1.54, 1.807) is 0 Å². The molecule has 2 heteroatoms. The molecule has 0 N–H and O–H groups in total. The van der Waals surface area contributed by atoms with Gasteiger partial charge in [0.05, 0.1) is 0 Å². The highest BCUT2D eigenvalue weighted by Crippen LogP contribution is 2.32. The van der Waals surface area contributed by atoms with Gasteiger partial charge in [0.2, 0.25) is 0 Å². The molecule has 0 aliphatic heterocycles. The zero-order valence-corrected chi connectivity index (χ0v) is 16.3. The standard InChI is InChI=1S/C20H36OSi/c1-6-17-22(7-2,8-3)21-20(16-12-13-18(4)5)19-14-10-9-11-15-19/h6,18-20H,1,7-11,13-15,17H2,2-5H3. The van der Waals surface area contributed by atoms with Crippen LogP contribution in [0.4, 0.5) is 0 Å². The Balaban J connectivity index is 2.86. The van der Waals surface area contributed by atoms with E-state index in [2.05, 4.69) is 52.2 Å². The average Bonchev–Trinajstić information content (AvgIpc) is 2.53. The predicted octanol–water partition coefficient (Wildman–Crippen LogP) is 6.17. The van der Waals surface area contributed by atoms with Crippen LogP contribution in [0.5, 0.6) is 0 Å². The fourth-order valence-electron chi connectivity index (χ4n) is 3.33. The maximum Gasteiger partial charge on any atom is 0.197 e.